The molecule has 4 nitrogen and oxygen atoms in total. The number of nitrogens with zero attached hydrogens (tertiary/aromatic N) is 2. The van der Waals surface area contributed by atoms with Crippen LogP contribution in [0.2, 0.25) is 0 Å². The van der Waals surface area contributed by atoms with Gasteiger partial charge < -0.3 is 10.1 Å². The Labute approximate surface area is 169 Å². The number of hydrogen-bond donors (Lipinski definition) is 1. The van der Waals surface area contributed by atoms with Crippen molar-refractivity contribution < 1.29 is 9.13 Å². The molecular weight excluding hydrogens is 373 g/mol. The van der Waals surface area contributed by atoms with E-state index in [4.69, 9.17) is 4.74 Å². The van der Waals surface area contributed by atoms with Gasteiger partial charge in [-0.05, 0) is 42.8 Å². The molecule has 2 heterocycles. The number of anilines is 2. The van der Waals surface area contributed by atoms with Crippen LogP contribution >= 0.6 is 11.3 Å². The zero-order valence-electron chi connectivity index (χ0n) is 16.2. The molecule has 0 aliphatic rings. The molecule has 0 aliphatic carbocycles. The smallest absolute Gasteiger partial charge is 0.212 e. The molecule has 0 amide bonds. The molecule has 0 unspecified atom stereocenters. The van der Waals surface area contributed by atoms with E-state index in [1.165, 1.54) is 55.7 Å². The number of thiazole rings is 1. The van der Waals surface area contributed by atoms with Crippen LogP contribution in [0.1, 0.15) is 45.4 Å². The van der Waals surface area contributed by atoms with E-state index in [1.807, 2.05) is 29.6 Å². The molecule has 148 valence electrons. The summed E-state index contributed by atoms with van der Waals surface area (Å²) >= 11 is 1.50. The van der Waals surface area contributed by atoms with Gasteiger partial charge in [-0.1, -0.05) is 39.0 Å². The van der Waals surface area contributed by atoms with Crippen LogP contribution in [0.15, 0.2) is 48.0 Å². The number of aromatic nitrogens is 2. The van der Waals surface area contributed by atoms with Gasteiger partial charge in [-0.3, -0.25) is 0 Å². The van der Waals surface area contributed by atoms with Crippen LogP contribution in [0.5, 0.6) is 5.75 Å². The van der Waals surface area contributed by atoms with Gasteiger partial charge in [0.05, 0.1) is 12.3 Å². The van der Waals surface area contributed by atoms with Crippen LogP contribution in [-0.2, 0) is 0 Å². The molecule has 0 fully saturated rings. The lowest BCUT2D eigenvalue weighted by Crippen LogP contribution is -1.97. The SMILES string of the molecule is CCCCCCCCOc1ccc(Nc2nc(-c3ccc(F)nc3)cs2)cc1. The topological polar surface area (TPSA) is 47.0 Å². The number of unbranched alkanes of at least 4 members (excludes halogenated alkanes) is 5. The third kappa shape index (κ3) is 6.30. The van der Waals surface area contributed by atoms with Crippen molar-refractivity contribution >= 4 is 22.2 Å². The lowest BCUT2D eigenvalue weighted by atomic mass is 10.1. The van der Waals surface area contributed by atoms with Gasteiger partial charge in [0.25, 0.3) is 0 Å². The number of hydrogen-bond acceptors (Lipinski definition) is 5. The Kier molecular flexibility index (Phi) is 7.79. The van der Waals surface area contributed by atoms with Gasteiger partial charge in [0.15, 0.2) is 5.13 Å². The summed E-state index contributed by atoms with van der Waals surface area (Å²) in [5.41, 5.74) is 2.52. The molecule has 6 heteroatoms. The Morgan fingerprint density at radius 2 is 1.79 bits per heavy atom. The maximum Gasteiger partial charge on any atom is 0.212 e. The molecule has 0 saturated heterocycles. The van der Waals surface area contributed by atoms with E-state index in [-0.39, 0.29) is 0 Å². The minimum atomic E-state index is -0.490. The quantitative estimate of drug-likeness (QED) is 0.284. The Morgan fingerprint density at radius 3 is 2.54 bits per heavy atom. The average molecular weight is 400 g/mol. The van der Waals surface area contributed by atoms with E-state index in [0.29, 0.717) is 0 Å². The maximum atomic E-state index is 12.9. The fourth-order valence-corrected chi connectivity index (χ4v) is 3.56. The van der Waals surface area contributed by atoms with Crippen LogP contribution < -0.4 is 10.1 Å². The fourth-order valence-electron chi connectivity index (χ4n) is 2.82. The van der Waals surface area contributed by atoms with Crippen molar-refractivity contribution in [3.8, 4) is 17.0 Å². The van der Waals surface area contributed by atoms with E-state index in [0.717, 1.165) is 40.9 Å². The van der Waals surface area contributed by atoms with E-state index >= 15 is 0 Å². The van der Waals surface area contributed by atoms with Crippen LogP contribution in [-0.4, -0.2) is 16.6 Å². The second-order valence-corrected chi connectivity index (χ2v) is 7.53. The molecule has 3 aromatic rings. The highest BCUT2D eigenvalue weighted by Crippen LogP contribution is 2.27. The average Bonchev–Trinajstić information content (AvgIpc) is 3.17. The van der Waals surface area contributed by atoms with Crippen molar-refractivity contribution in [1.29, 1.82) is 0 Å². The minimum absolute atomic E-state index is 0.490. The number of nitrogens with one attached hydrogen (secondary N) is 1. The lowest BCUT2D eigenvalue weighted by Gasteiger charge is -2.08. The first-order valence-corrected chi connectivity index (χ1v) is 10.7. The third-order valence-electron chi connectivity index (χ3n) is 4.40. The normalized spacial score (nSPS) is 10.8. The first-order valence-electron chi connectivity index (χ1n) is 9.82. The Balaban J connectivity index is 1.45. The van der Waals surface area contributed by atoms with E-state index < -0.39 is 5.95 Å². The van der Waals surface area contributed by atoms with Gasteiger partial charge in [0, 0.05) is 22.8 Å². The summed E-state index contributed by atoms with van der Waals surface area (Å²) in [4.78, 5) is 8.20. The zero-order chi connectivity index (χ0) is 19.6. The summed E-state index contributed by atoms with van der Waals surface area (Å²) in [5, 5.41) is 5.99. The molecule has 28 heavy (non-hydrogen) atoms. The van der Waals surface area contributed by atoms with Crippen molar-refractivity contribution in [1.82, 2.24) is 9.97 Å². The van der Waals surface area contributed by atoms with Gasteiger partial charge in [0.1, 0.15) is 5.75 Å². The monoisotopic (exact) mass is 399 g/mol. The number of pyridine rings is 1. The predicted octanol–water partition coefficient (Wildman–Crippen LogP) is 6.83. The van der Waals surface area contributed by atoms with Crippen molar-refractivity contribution in [3.63, 3.8) is 0 Å². The Hall–Kier alpha value is -2.47. The Bertz CT molecular complexity index is 834. The highest BCUT2D eigenvalue weighted by molar-refractivity contribution is 7.14. The molecule has 0 radical (unpaired) electrons. The largest absolute Gasteiger partial charge is 0.494 e. The summed E-state index contributed by atoms with van der Waals surface area (Å²) in [6.45, 7) is 3.00. The van der Waals surface area contributed by atoms with Gasteiger partial charge in [-0.15, -0.1) is 11.3 Å². The summed E-state index contributed by atoms with van der Waals surface area (Å²) in [6, 6.07) is 10.9. The number of rotatable bonds is 11. The third-order valence-corrected chi connectivity index (χ3v) is 5.16. The summed E-state index contributed by atoms with van der Waals surface area (Å²) in [5.74, 6) is 0.396. The van der Waals surface area contributed by atoms with Gasteiger partial charge in [-0.2, -0.15) is 4.39 Å². The minimum Gasteiger partial charge on any atom is -0.494 e. The predicted molar refractivity (Wildman–Crippen MR) is 114 cm³/mol. The fraction of sp³-hybridized carbons (Fsp3) is 0.364. The number of ether oxygens (including phenoxy) is 1. The van der Waals surface area contributed by atoms with Crippen molar-refractivity contribution in [2.24, 2.45) is 0 Å². The lowest BCUT2D eigenvalue weighted by molar-refractivity contribution is 0.304. The van der Waals surface area contributed by atoms with Gasteiger partial charge in [-0.25, -0.2) is 9.97 Å². The molecule has 1 aromatic carbocycles. The molecule has 0 bridgehead atoms. The highest BCUT2D eigenvalue weighted by Gasteiger charge is 2.06. The van der Waals surface area contributed by atoms with Gasteiger partial charge in [0.2, 0.25) is 5.95 Å². The molecule has 0 atom stereocenters. The first kappa shape index (κ1) is 20.3. The van der Waals surface area contributed by atoms with Crippen molar-refractivity contribution in [2.75, 3.05) is 11.9 Å². The van der Waals surface area contributed by atoms with Crippen LogP contribution in [0.25, 0.3) is 11.3 Å². The molecule has 0 spiro atoms. The van der Waals surface area contributed by atoms with Crippen LogP contribution in [0, 0.1) is 5.95 Å². The number of halogens is 1. The van der Waals surface area contributed by atoms with E-state index in [2.05, 4.69) is 22.2 Å². The zero-order valence-corrected chi connectivity index (χ0v) is 17.0. The number of benzene rings is 1. The second kappa shape index (κ2) is 10.8. The van der Waals surface area contributed by atoms with E-state index in [1.54, 1.807) is 6.07 Å². The molecular formula is C22H26FN3OS. The molecule has 2 aromatic heterocycles. The molecule has 3 rings (SSSR count). The van der Waals surface area contributed by atoms with Crippen molar-refractivity contribution in [2.45, 2.75) is 45.4 Å². The second-order valence-electron chi connectivity index (χ2n) is 6.67. The van der Waals surface area contributed by atoms with Crippen LogP contribution in [0.4, 0.5) is 15.2 Å². The van der Waals surface area contributed by atoms with E-state index in [9.17, 15) is 4.39 Å². The molecule has 0 aliphatic heterocycles. The van der Waals surface area contributed by atoms with Crippen LogP contribution in [0.3, 0.4) is 0 Å². The first-order chi connectivity index (χ1) is 13.7. The molecule has 0 saturated carbocycles. The van der Waals surface area contributed by atoms with Gasteiger partial charge >= 0.3 is 0 Å². The highest BCUT2D eigenvalue weighted by atomic mass is 32.1. The summed E-state index contributed by atoms with van der Waals surface area (Å²) < 4.78 is 18.7. The van der Waals surface area contributed by atoms with Crippen molar-refractivity contribution in [3.05, 3.63) is 53.9 Å². The summed E-state index contributed by atoms with van der Waals surface area (Å²) in [7, 11) is 0. The molecule has 1 N–H and O–H groups in total. The Morgan fingerprint density at radius 1 is 1.00 bits per heavy atom. The standard InChI is InChI=1S/C22H26FN3OS/c1-2-3-4-5-6-7-14-27-19-11-9-18(10-12-19)25-22-26-20(16-28-22)17-8-13-21(23)24-15-17/h8-13,15-16H,2-7,14H2,1H3,(H,25,26). The summed E-state index contributed by atoms with van der Waals surface area (Å²) in [6.07, 6.45) is 9.06. The maximum absolute atomic E-state index is 12.9.